The smallest absolute Gasteiger partial charge is 0.233 e. The average molecular weight is 347 g/mol. The summed E-state index contributed by atoms with van der Waals surface area (Å²) in [5, 5.41) is 12.3. The van der Waals surface area contributed by atoms with Crippen molar-refractivity contribution in [2.24, 2.45) is 0 Å². The lowest BCUT2D eigenvalue weighted by atomic mass is 10.1. The summed E-state index contributed by atoms with van der Waals surface area (Å²) in [6.07, 6.45) is 0.937. The van der Waals surface area contributed by atoms with Gasteiger partial charge in [-0.3, -0.25) is 4.79 Å². The molecule has 0 radical (unpaired) electrons. The highest BCUT2D eigenvalue weighted by atomic mass is 32.2. The van der Waals surface area contributed by atoms with Crippen molar-refractivity contribution >= 4 is 17.7 Å². The standard InChI is InChI=1S/C17H25N5OS/c1-5-10-21(11-15-8-6-14(4)7-9-15)16(23)12-24-17-18-19-20-22(17)13(2)3/h6-9,13H,5,10-12H2,1-4H3. The third-order valence-corrected chi connectivity index (χ3v) is 4.53. The van der Waals surface area contributed by atoms with Crippen molar-refractivity contribution in [3.63, 3.8) is 0 Å². The molecule has 0 N–H and O–H groups in total. The lowest BCUT2D eigenvalue weighted by molar-refractivity contribution is -0.129. The fourth-order valence-corrected chi connectivity index (χ4v) is 3.21. The van der Waals surface area contributed by atoms with Crippen molar-refractivity contribution < 1.29 is 4.79 Å². The van der Waals surface area contributed by atoms with Gasteiger partial charge in [0.25, 0.3) is 0 Å². The Kier molecular flexibility index (Phi) is 6.78. The molecule has 0 aliphatic carbocycles. The Bertz CT molecular complexity index is 653. The lowest BCUT2D eigenvalue weighted by Crippen LogP contribution is -2.32. The molecule has 0 atom stereocenters. The van der Waals surface area contributed by atoms with Gasteiger partial charge in [-0.25, -0.2) is 4.68 Å². The number of amides is 1. The normalized spacial score (nSPS) is 11.0. The fourth-order valence-electron chi connectivity index (χ4n) is 2.30. The van der Waals surface area contributed by atoms with E-state index < -0.39 is 0 Å². The summed E-state index contributed by atoms with van der Waals surface area (Å²) >= 11 is 1.39. The highest BCUT2D eigenvalue weighted by molar-refractivity contribution is 7.99. The van der Waals surface area contributed by atoms with E-state index in [0.717, 1.165) is 18.5 Å². The van der Waals surface area contributed by atoms with Crippen LogP contribution in [0.3, 0.4) is 0 Å². The SMILES string of the molecule is CCCN(Cc1ccc(C)cc1)C(=O)CSc1nnnn1C(C)C. The Morgan fingerprint density at radius 3 is 2.62 bits per heavy atom. The molecule has 0 aliphatic rings. The first kappa shape index (κ1) is 18.4. The molecule has 0 aliphatic heterocycles. The van der Waals surface area contributed by atoms with Crippen LogP contribution in [-0.4, -0.2) is 43.3 Å². The highest BCUT2D eigenvalue weighted by Crippen LogP contribution is 2.18. The van der Waals surface area contributed by atoms with Crippen molar-refractivity contribution in [1.82, 2.24) is 25.1 Å². The average Bonchev–Trinajstić information content (AvgIpc) is 3.03. The number of benzene rings is 1. The number of nitrogens with zero attached hydrogens (tertiary/aromatic N) is 5. The molecular weight excluding hydrogens is 322 g/mol. The Morgan fingerprint density at radius 1 is 1.29 bits per heavy atom. The van der Waals surface area contributed by atoms with Gasteiger partial charge in [-0.1, -0.05) is 48.5 Å². The number of aryl methyl sites for hydroxylation is 1. The molecule has 7 heteroatoms. The summed E-state index contributed by atoms with van der Waals surface area (Å²) < 4.78 is 1.74. The fraction of sp³-hybridized carbons (Fsp3) is 0.529. The molecule has 2 rings (SSSR count). The molecule has 1 aromatic carbocycles. The summed E-state index contributed by atoms with van der Waals surface area (Å²) in [5.74, 6) is 0.458. The number of aromatic nitrogens is 4. The second-order valence-corrected chi connectivity index (χ2v) is 7.03. The molecule has 24 heavy (non-hydrogen) atoms. The first-order valence-corrected chi connectivity index (χ1v) is 9.23. The molecule has 0 saturated carbocycles. The van der Waals surface area contributed by atoms with Gasteiger partial charge >= 0.3 is 0 Å². The molecule has 0 fully saturated rings. The van der Waals surface area contributed by atoms with E-state index in [1.165, 1.54) is 17.3 Å². The lowest BCUT2D eigenvalue weighted by Gasteiger charge is -2.22. The number of carbonyl (C=O) groups is 1. The number of thioether (sulfide) groups is 1. The van der Waals surface area contributed by atoms with Crippen LogP contribution in [0.1, 0.15) is 44.4 Å². The van der Waals surface area contributed by atoms with E-state index in [4.69, 9.17) is 0 Å². The van der Waals surface area contributed by atoms with Crippen LogP contribution in [0.4, 0.5) is 0 Å². The van der Waals surface area contributed by atoms with E-state index in [9.17, 15) is 4.79 Å². The highest BCUT2D eigenvalue weighted by Gasteiger charge is 2.17. The predicted molar refractivity (Wildman–Crippen MR) is 95.8 cm³/mol. The molecule has 1 amide bonds. The van der Waals surface area contributed by atoms with Crippen molar-refractivity contribution in [3.05, 3.63) is 35.4 Å². The molecule has 6 nitrogen and oxygen atoms in total. The number of rotatable bonds is 8. The van der Waals surface area contributed by atoms with E-state index in [2.05, 4.69) is 53.6 Å². The number of hydrogen-bond donors (Lipinski definition) is 0. The van der Waals surface area contributed by atoms with Crippen LogP contribution >= 0.6 is 11.8 Å². The van der Waals surface area contributed by atoms with Gasteiger partial charge in [0, 0.05) is 13.1 Å². The minimum absolute atomic E-state index is 0.112. The number of hydrogen-bond acceptors (Lipinski definition) is 5. The van der Waals surface area contributed by atoms with Gasteiger partial charge in [0.1, 0.15) is 0 Å². The van der Waals surface area contributed by atoms with Crippen molar-refractivity contribution in [3.8, 4) is 0 Å². The molecule has 2 aromatic rings. The minimum atomic E-state index is 0.112. The first-order chi connectivity index (χ1) is 11.5. The van der Waals surface area contributed by atoms with Gasteiger partial charge in [0.05, 0.1) is 11.8 Å². The Hall–Kier alpha value is -1.89. The second kappa shape index (κ2) is 8.82. The molecule has 1 heterocycles. The number of tetrazole rings is 1. The molecule has 0 bridgehead atoms. The maximum absolute atomic E-state index is 12.6. The molecule has 1 aromatic heterocycles. The summed E-state index contributed by atoms with van der Waals surface area (Å²) in [5.41, 5.74) is 2.38. The van der Waals surface area contributed by atoms with E-state index in [1.807, 2.05) is 18.7 Å². The zero-order chi connectivity index (χ0) is 17.5. The zero-order valence-corrected chi connectivity index (χ0v) is 15.6. The molecule has 0 unspecified atom stereocenters. The Labute approximate surface area is 147 Å². The van der Waals surface area contributed by atoms with Crippen LogP contribution in [0.15, 0.2) is 29.4 Å². The van der Waals surface area contributed by atoms with Crippen LogP contribution in [0.5, 0.6) is 0 Å². The first-order valence-electron chi connectivity index (χ1n) is 8.25. The summed E-state index contributed by atoms with van der Waals surface area (Å²) in [6.45, 7) is 9.58. The van der Waals surface area contributed by atoms with Crippen LogP contribution in [0, 0.1) is 6.92 Å². The maximum atomic E-state index is 12.6. The maximum Gasteiger partial charge on any atom is 0.233 e. The zero-order valence-electron chi connectivity index (χ0n) is 14.8. The van der Waals surface area contributed by atoms with Crippen LogP contribution < -0.4 is 0 Å². The Balaban J connectivity index is 1.98. The van der Waals surface area contributed by atoms with Gasteiger partial charge in [-0.2, -0.15) is 0 Å². The molecular formula is C17H25N5OS. The van der Waals surface area contributed by atoms with Crippen LogP contribution in [0.25, 0.3) is 0 Å². The van der Waals surface area contributed by atoms with Crippen LogP contribution in [0.2, 0.25) is 0 Å². The third kappa shape index (κ3) is 5.06. The molecule has 0 spiro atoms. The van der Waals surface area contributed by atoms with E-state index in [-0.39, 0.29) is 11.9 Å². The topological polar surface area (TPSA) is 63.9 Å². The van der Waals surface area contributed by atoms with Gasteiger partial charge in [0.2, 0.25) is 11.1 Å². The van der Waals surface area contributed by atoms with Crippen LogP contribution in [-0.2, 0) is 11.3 Å². The predicted octanol–water partition coefficient (Wildman–Crippen LogP) is 3.09. The number of carbonyl (C=O) groups excluding carboxylic acids is 1. The van der Waals surface area contributed by atoms with E-state index in [1.54, 1.807) is 4.68 Å². The van der Waals surface area contributed by atoms with E-state index >= 15 is 0 Å². The Morgan fingerprint density at radius 2 is 2.00 bits per heavy atom. The summed E-state index contributed by atoms with van der Waals surface area (Å²) in [7, 11) is 0. The minimum Gasteiger partial charge on any atom is -0.338 e. The van der Waals surface area contributed by atoms with Gasteiger partial charge in [0.15, 0.2) is 0 Å². The largest absolute Gasteiger partial charge is 0.338 e. The second-order valence-electron chi connectivity index (χ2n) is 6.09. The van der Waals surface area contributed by atoms with Crippen molar-refractivity contribution in [2.45, 2.75) is 51.9 Å². The molecule has 0 saturated heterocycles. The van der Waals surface area contributed by atoms with Gasteiger partial charge in [-0.05, 0) is 43.2 Å². The quantitative estimate of drug-likeness (QED) is 0.687. The van der Waals surface area contributed by atoms with Crippen molar-refractivity contribution in [1.29, 1.82) is 0 Å². The summed E-state index contributed by atoms with van der Waals surface area (Å²) in [6, 6.07) is 8.50. The molecule has 130 valence electrons. The monoisotopic (exact) mass is 347 g/mol. The van der Waals surface area contributed by atoms with E-state index in [0.29, 0.717) is 17.5 Å². The van der Waals surface area contributed by atoms with Gasteiger partial charge < -0.3 is 4.90 Å². The van der Waals surface area contributed by atoms with Crippen molar-refractivity contribution in [2.75, 3.05) is 12.3 Å². The third-order valence-electron chi connectivity index (χ3n) is 3.62. The van der Waals surface area contributed by atoms with Gasteiger partial charge in [-0.15, -0.1) is 5.10 Å². The summed E-state index contributed by atoms with van der Waals surface area (Å²) in [4.78, 5) is 14.5.